The number of sulfonamides is 1. The van der Waals surface area contributed by atoms with Crippen LogP contribution < -0.4 is 10.5 Å². The highest BCUT2D eigenvalue weighted by molar-refractivity contribution is 7.89. The van der Waals surface area contributed by atoms with E-state index in [-0.39, 0.29) is 16.7 Å². The number of primary sulfonamides is 1. The van der Waals surface area contributed by atoms with Gasteiger partial charge in [-0.3, -0.25) is 4.79 Å². The van der Waals surface area contributed by atoms with Gasteiger partial charge in [-0.05, 0) is 37.0 Å². The molecule has 0 heterocycles. The van der Waals surface area contributed by atoms with Crippen molar-refractivity contribution < 1.29 is 13.2 Å². The lowest BCUT2D eigenvalue weighted by Gasteiger charge is -2.14. The van der Waals surface area contributed by atoms with Crippen molar-refractivity contribution in [2.75, 3.05) is 6.54 Å². The highest BCUT2D eigenvalue weighted by Gasteiger charge is 2.15. The Bertz CT molecular complexity index is 568. The van der Waals surface area contributed by atoms with Gasteiger partial charge in [0.2, 0.25) is 15.9 Å². The molecule has 5 nitrogen and oxygen atoms in total. The van der Waals surface area contributed by atoms with Gasteiger partial charge < -0.3 is 5.32 Å². The Balaban J connectivity index is 2.45. The number of rotatable bonds is 9. The Kier molecular flexibility index (Phi) is 7.55. The SMILES string of the molecule is CCCC[C@@H](CC)C(=O)NCCc1ccc(S(N)(=O)=O)cc1. The maximum Gasteiger partial charge on any atom is 0.238 e. The second-order valence-corrected chi connectivity index (χ2v) is 7.04. The van der Waals surface area contributed by atoms with E-state index in [2.05, 4.69) is 12.2 Å². The third-order valence-electron chi connectivity index (χ3n) is 3.73. The predicted molar refractivity (Wildman–Crippen MR) is 87.8 cm³/mol. The summed E-state index contributed by atoms with van der Waals surface area (Å²) < 4.78 is 22.3. The maximum atomic E-state index is 12.0. The highest BCUT2D eigenvalue weighted by Crippen LogP contribution is 2.13. The lowest BCUT2D eigenvalue weighted by Crippen LogP contribution is -2.32. The maximum absolute atomic E-state index is 12.0. The van der Waals surface area contributed by atoms with E-state index in [1.54, 1.807) is 12.1 Å². The van der Waals surface area contributed by atoms with Crippen molar-refractivity contribution in [1.29, 1.82) is 0 Å². The lowest BCUT2D eigenvalue weighted by atomic mass is 9.98. The van der Waals surface area contributed by atoms with Crippen molar-refractivity contribution in [2.24, 2.45) is 11.1 Å². The highest BCUT2D eigenvalue weighted by atomic mass is 32.2. The first-order valence-electron chi connectivity index (χ1n) is 7.78. The Hall–Kier alpha value is -1.40. The summed E-state index contributed by atoms with van der Waals surface area (Å²) in [5, 5.41) is 8.00. The number of nitrogens with one attached hydrogen (secondary N) is 1. The Morgan fingerprint density at radius 2 is 1.86 bits per heavy atom. The van der Waals surface area contributed by atoms with Gasteiger partial charge in [-0.1, -0.05) is 38.8 Å². The van der Waals surface area contributed by atoms with Crippen LogP contribution in [0.1, 0.15) is 45.1 Å². The van der Waals surface area contributed by atoms with Gasteiger partial charge in [-0.2, -0.15) is 0 Å². The normalized spacial score (nSPS) is 12.9. The average molecular weight is 326 g/mol. The summed E-state index contributed by atoms with van der Waals surface area (Å²) >= 11 is 0. The molecule has 6 heteroatoms. The molecule has 0 saturated carbocycles. The molecule has 0 aromatic heterocycles. The molecule has 0 saturated heterocycles. The van der Waals surface area contributed by atoms with Crippen molar-refractivity contribution in [3.63, 3.8) is 0 Å². The van der Waals surface area contributed by atoms with Crippen LogP contribution in [0, 0.1) is 5.92 Å². The molecule has 0 fully saturated rings. The van der Waals surface area contributed by atoms with E-state index in [9.17, 15) is 13.2 Å². The molecule has 0 bridgehead atoms. The summed E-state index contributed by atoms with van der Waals surface area (Å²) in [6, 6.07) is 6.42. The van der Waals surface area contributed by atoms with Crippen LogP contribution in [0.5, 0.6) is 0 Å². The Morgan fingerprint density at radius 1 is 1.23 bits per heavy atom. The van der Waals surface area contributed by atoms with Crippen LogP contribution in [0.25, 0.3) is 0 Å². The molecule has 1 atom stereocenters. The third kappa shape index (κ3) is 6.15. The van der Waals surface area contributed by atoms with E-state index < -0.39 is 10.0 Å². The first-order valence-corrected chi connectivity index (χ1v) is 9.32. The molecule has 3 N–H and O–H groups in total. The molecule has 1 amide bonds. The Labute approximate surface area is 133 Å². The molecule has 0 spiro atoms. The lowest BCUT2D eigenvalue weighted by molar-refractivity contribution is -0.125. The fourth-order valence-corrected chi connectivity index (χ4v) is 2.81. The van der Waals surface area contributed by atoms with Gasteiger partial charge in [0, 0.05) is 12.5 Å². The minimum absolute atomic E-state index is 0.0877. The average Bonchev–Trinajstić information content (AvgIpc) is 2.47. The monoisotopic (exact) mass is 326 g/mol. The first-order chi connectivity index (χ1) is 10.4. The number of benzene rings is 1. The summed E-state index contributed by atoms with van der Waals surface area (Å²) in [5.74, 6) is 0.196. The van der Waals surface area contributed by atoms with E-state index in [1.165, 1.54) is 12.1 Å². The zero-order valence-electron chi connectivity index (χ0n) is 13.3. The molecule has 0 unspecified atom stereocenters. The molecular weight excluding hydrogens is 300 g/mol. The smallest absolute Gasteiger partial charge is 0.238 e. The molecule has 0 aliphatic heterocycles. The number of hydrogen-bond donors (Lipinski definition) is 2. The number of amides is 1. The third-order valence-corrected chi connectivity index (χ3v) is 4.66. The van der Waals surface area contributed by atoms with Crippen LogP contribution in [0.2, 0.25) is 0 Å². The van der Waals surface area contributed by atoms with Crippen LogP contribution in [-0.2, 0) is 21.2 Å². The van der Waals surface area contributed by atoms with Crippen molar-refractivity contribution in [3.05, 3.63) is 29.8 Å². The number of nitrogens with two attached hydrogens (primary N) is 1. The number of carbonyl (C=O) groups excluding carboxylic acids is 1. The van der Waals surface area contributed by atoms with E-state index in [0.29, 0.717) is 13.0 Å². The number of hydrogen-bond acceptors (Lipinski definition) is 3. The van der Waals surface area contributed by atoms with Crippen molar-refractivity contribution in [1.82, 2.24) is 5.32 Å². The predicted octanol–water partition coefficient (Wildman–Crippen LogP) is 2.21. The molecule has 1 aromatic rings. The number of unbranched alkanes of at least 4 members (excludes halogenated alkanes) is 1. The quantitative estimate of drug-likeness (QED) is 0.729. The summed E-state index contributed by atoms with van der Waals surface area (Å²) in [6.07, 6.45) is 4.62. The van der Waals surface area contributed by atoms with Gasteiger partial charge in [-0.15, -0.1) is 0 Å². The standard InChI is InChI=1S/C16H26N2O3S/c1-3-5-6-14(4-2)16(19)18-12-11-13-7-9-15(10-8-13)22(17,20)21/h7-10,14H,3-6,11-12H2,1-2H3,(H,18,19)(H2,17,20,21)/t14-/m1/s1. The largest absolute Gasteiger partial charge is 0.356 e. The Morgan fingerprint density at radius 3 is 2.36 bits per heavy atom. The van der Waals surface area contributed by atoms with E-state index in [0.717, 1.165) is 31.2 Å². The fraction of sp³-hybridized carbons (Fsp3) is 0.562. The van der Waals surface area contributed by atoms with Crippen LogP contribution >= 0.6 is 0 Å². The van der Waals surface area contributed by atoms with Crippen molar-refractivity contribution in [2.45, 2.75) is 50.8 Å². The topological polar surface area (TPSA) is 89.3 Å². The second kappa shape index (κ2) is 8.90. The van der Waals surface area contributed by atoms with E-state index >= 15 is 0 Å². The van der Waals surface area contributed by atoms with E-state index in [1.807, 2.05) is 6.92 Å². The molecule has 0 aliphatic carbocycles. The van der Waals surface area contributed by atoms with Crippen molar-refractivity contribution >= 4 is 15.9 Å². The second-order valence-electron chi connectivity index (χ2n) is 5.48. The molecule has 1 aromatic carbocycles. The van der Waals surface area contributed by atoms with Gasteiger partial charge in [0.15, 0.2) is 0 Å². The van der Waals surface area contributed by atoms with Crippen molar-refractivity contribution in [3.8, 4) is 0 Å². The summed E-state index contributed by atoms with van der Waals surface area (Å²) in [7, 11) is -3.65. The zero-order valence-corrected chi connectivity index (χ0v) is 14.2. The van der Waals surface area contributed by atoms with Gasteiger partial charge in [0.05, 0.1) is 4.90 Å². The minimum Gasteiger partial charge on any atom is -0.356 e. The molecule has 22 heavy (non-hydrogen) atoms. The molecule has 124 valence electrons. The van der Waals surface area contributed by atoms with E-state index in [4.69, 9.17) is 5.14 Å². The van der Waals surface area contributed by atoms with Crippen LogP contribution in [0.15, 0.2) is 29.2 Å². The summed E-state index contributed by atoms with van der Waals surface area (Å²) in [6.45, 7) is 4.71. The van der Waals surface area contributed by atoms with Gasteiger partial charge in [-0.25, -0.2) is 13.6 Å². The number of carbonyl (C=O) groups is 1. The molecular formula is C16H26N2O3S. The fourth-order valence-electron chi connectivity index (χ4n) is 2.29. The van der Waals surface area contributed by atoms with Crippen LogP contribution in [-0.4, -0.2) is 20.9 Å². The van der Waals surface area contributed by atoms with Gasteiger partial charge >= 0.3 is 0 Å². The van der Waals surface area contributed by atoms with Gasteiger partial charge in [0.1, 0.15) is 0 Å². The van der Waals surface area contributed by atoms with Crippen LogP contribution in [0.4, 0.5) is 0 Å². The minimum atomic E-state index is -3.65. The van der Waals surface area contributed by atoms with Gasteiger partial charge in [0.25, 0.3) is 0 Å². The first kappa shape index (κ1) is 18.6. The molecule has 0 aliphatic rings. The zero-order chi connectivity index (χ0) is 16.6. The molecule has 1 rings (SSSR count). The van der Waals surface area contributed by atoms with Crippen LogP contribution in [0.3, 0.4) is 0 Å². The molecule has 0 radical (unpaired) electrons. The summed E-state index contributed by atoms with van der Waals surface area (Å²) in [5.41, 5.74) is 0.967. The summed E-state index contributed by atoms with van der Waals surface area (Å²) in [4.78, 5) is 12.2.